The number of halogens is 2. The third-order valence-electron chi connectivity index (χ3n) is 4.03. The maximum absolute atomic E-state index is 14.5. The smallest absolute Gasteiger partial charge is 0.247 e. The van der Waals surface area contributed by atoms with E-state index in [0.717, 1.165) is 23.4 Å². The Morgan fingerprint density at radius 2 is 2.04 bits per heavy atom. The molecule has 27 heavy (non-hydrogen) atoms. The number of rotatable bonds is 4. The van der Waals surface area contributed by atoms with E-state index in [4.69, 9.17) is 16.3 Å². The lowest BCUT2D eigenvalue weighted by Crippen LogP contribution is -2.19. The molecule has 1 aromatic heterocycles. The van der Waals surface area contributed by atoms with E-state index in [2.05, 4.69) is 27.4 Å². The first-order chi connectivity index (χ1) is 13.2. The average Bonchev–Trinajstić information content (AvgIpc) is 2.82. The molecule has 2 aromatic carbocycles. The number of nitrogens with zero attached hydrogens (tertiary/aromatic N) is 3. The fourth-order valence-electron chi connectivity index (χ4n) is 2.79. The summed E-state index contributed by atoms with van der Waals surface area (Å²) in [6.07, 6.45) is 0.144. The molecule has 0 saturated carbocycles. The molecule has 1 N–H and O–H groups in total. The van der Waals surface area contributed by atoms with Gasteiger partial charge in [-0.3, -0.25) is 0 Å². The Morgan fingerprint density at radius 1 is 1.19 bits per heavy atom. The molecule has 1 atom stereocenters. The number of thioether (sulfide) groups is 1. The van der Waals surface area contributed by atoms with Gasteiger partial charge < -0.3 is 10.1 Å². The maximum atomic E-state index is 14.5. The van der Waals surface area contributed by atoms with Crippen molar-refractivity contribution in [3.63, 3.8) is 0 Å². The van der Waals surface area contributed by atoms with Crippen molar-refractivity contribution < 1.29 is 9.13 Å². The van der Waals surface area contributed by atoms with Gasteiger partial charge in [-0.1, -0.05) is 54.6 Å². The van der Waals surface area contributed by atoms with E-state index in [1.54, 1.807) is 12.1 Å². The van der Waals surface area contributed by atoms with E-state index in [0.29, 0.717) is 16.7 Å². The molecule has 8 heteroatoms. The van der Waals surface area contributed by atoms with Crippen LogP contribution < -0.4 is 10.1 Å². The first-order valence-electron chi connectivity index (χ1n) is 8.51. The highest BCUT2D eigenvalue weighted by atomic mass is 35.5. The molecule has 3 aromatic rings. The van der Waals surface area contributed by atoms with Crippen molar-refractivity contribution >= 4 is 29.1 Å². The van der Waals surface area contributed by atoms with Crippen LogP contribution in [0, 0.1) is 5.82 Å². The number of fused-ring (bicyclic) bond motifs is 3. The van der Waals surface area contributed by atoms with Crippen LogP contribution >= 0.6 is 23.4 Å². The molecule has 4 rings (SSSR count). The molecule has 1 unspecified atom stereocenters. The van der Waals surface area contributed by atoms with Crippen molar-refractivity contribution in [1.82, 2.24) is 15.2 Å². The van der Waals surface area contributed by atoms with Gasteiger partial charge in [0.05, 0.1) is 10.6 Å². The van der Waals surface area contributed by atoms with Gasteiger partial charge in [0, 0.05) is 17.0 Å². The Labute approximate surface area is 165 Å². The molecule has 0 radical (unpaired) electrons. The SMILES string of the molecule is CCCSc1nnc2c(n1)OC(c1c(F)cccc1Cl)Nc1ccccc1-2. The summed E-state index contributed by atoms with van der Waals surface area (Å²) in [7, 11) is 0. The standard InChI is InChI=1S/C19H16ClFN4OS/c1-2-10-27-19-23-18-16(24-25-19)11-6-3-4-9-14(11)22-17(26-18)15-12(20)7-5-8-13(15)21/h3-9,17,22H,2,10H2,1H3. The minimum atomic E-state index is -0.846. The van der Waals surface area contributed by atoms with Gasteiger partial charge in [-0.25, -0.2) is 4.39 Å². The van der Waals surface area contributed by atoms with Crippen molar-refractivity contribution in [2.75, 3.05) is 11.1 Å². The molecule has 0 aliphatic carbocycles. The summed E-state index contributed by atoms with van der Waals surface area (Å²) in [5, 5.41) is 12.5. The zero-order valence-corrected chi connectivity index (χ0v) is 16.0. The van der Waals surface area contributed by atoms with Gasteiger partial charge in [-0.15, -0.1) is 10.2 Å². The molecule has 0 bridgehead atoms. The highest BCUT2D eigenvalue weighted by Gasteiger charge is 2.29. The summed E-state index contributed by atoms with van der Waals surface area (Å²) in [4.78, 5) is 4.51. The van der Waals surface area contributed by atoms with Crippen LogP contribution in [-0.2, 0) is 0 Å². The molecular weight excluding hydrogens is 387 g/mol. The summed E-state index contributed by atoms with van der Waals surface area (Å²) < 4.78 is 20.6. The number of benzene rings is 2. The van der Waals surface area contributed by atoms with E-state index in [9.17, 15) is 4.39 Å². The van der Waals surface area contributed by atoms with Crippen molar-refractivity contribution in [3.05, 3.63) is 58.9 Å². The first kappa shape index (κ1) is 18.0. The molecule has 5 nitrogen and oxygen atoms in total. The Kier molecular flexibility index (Phi) is 5.13. The third kappa shape index (κ3) is 3.57. The minimum absolute atomic E-state index is 0.225. The van der Waals surface area contributed by atoms with Gasteiger partial charge in [0.25, 0.3) is 0 Å². The second-order valence-corrected chi connectivity index (χ2v) is 7.39. The van der Waals surface area contributed by atoms with Gasteiger partial charge in [0.2, 0.25) is 17.3 Å². The van der Waals surface area contributed by atoms with Crippen LogP contribution in [-0.4, -0.2) is 20.9 Å². The number of hydrogen-bond donors (Lipinski definition) is 1. The predicted molar refractivity (Wildman–Crippen MR) is 105 cm³/mol. The number of para-hydroxylation sites is 1. The minimum Gasteiger partial charge on any atom is -0.448 e. The van der Waals surface area contributed by atoms with Gasteiger partial charge in [-0.05, 0) is 24.6 Å². The first-order valence-corrected chi connectivity index (χ1v) is 9.87. The van der Waals surface area contributed by atoms with Crippen LogP contribution in [0.25, 0.3) is 11.3 Å². The molecular formula is C19H16ClFN4OS. The number of aromatic nitrogens is 3. The van der Waals surface area contributed by atoms with Crippen molar-refractivity contribution in [1.29, 1.82) is 0 Å². The van der Waals surface area contributed by atoms with Gasteiger partial charge in [-0.2, -0.15) is 4.98 Å². The summed E-state index contributed by atoms with van der Waals surface area (Å²) in [6.45, 7) is 2.08. The fraction of sp³-hybridized carbons (Fsp3) is 0.211. The normalized spacial score (nSPS) is 15.1. The lowest BCUT2D eigenvalue weighted by atomic mass is 10.1. The number of ether oxygens (including phenoxy) is 1. The van der Waals surface area contributed by atoms with Crippen LogP contribution in [0.1, 0.15) is 25.1 Å². The Bertz CT molecular complexity index is 967. The van der Waals surface area contributed by atoms with Crippen LogP contribution in [0.4, 0.5) is 10.1 Å². The second-order valence-electron chi connectivity index (χ2n) is 5.92. The van der Waals surface area contributed by atoms with E-state index in [-0.39, 0.29) is 10.6 Å². The second kappa shape index (κ2) is 7.70. The lowest BCUT2D eigenvalue weighted by molar-refractivity contribution is 0.220. The van der Waals surface area contributed by atoms with Crippen molar-refractivity contribution in [2.45, 2.75) is 24.7 Å². The Morgan fingerprint density at radius 3 is 2.85 bits per heavy atom. The monoisotopic (exact) mass is 402 g/mol. The number of anilines is 1. The molecule has 1 aliphatic rings. The zero-order chi connectivity index (χ0) is 18.8. The van der Waals surface area contributed by atoms with Crippen LogP contribution in [0.3, 0.4) is 0 Å². The molecule has 0 saturated heterocycles. The fourth-order valence-corrected chi connectivity index (χ4v) is 3.69. The van der Waals surface area contributed by atoms with E-state index in [1.165, 1.54) is 17.8 Å². The number of hydrogen-bond acceptors (Lipinski definition) is 6. The third-order valence-corrected chi connectivity index (χ3v) is 5.40. The molecule has 2 heterocycles. The predicted octanol–water partition coefficient (Wildman–Crippen LogP) is 5.34. The maximum Gasteiger partial charge on any atom is 0.247 e. The van der Waals surface area contributed by atoms with Gasteiger partial charge in [0.15, 0.2) is 5.69 Å². The summed E-state index contributed by atoms with van der Waals surface area (Å²) in [6, 6.07) is 12.1. The highest BCUT2D eigenvalue weighted by Crippen LogP contribution is 2.41. The van der Waals surface area contributed by atoms with Gasteiger partial charge in [0.1, 0.15) is 5.82 Å². The summed E-state index contributed by atoms with van der Waals surface area (Å²) in [5.41, 5.74) is 2.26. The molecule has 1 aliphatic heterocycles. The lowest BCUT2D eigenvalue weighted by Gasteiger charge is -2.20. The summed E-state index contributed by atoms with van der Waals surface area (Å²) in [5.74, 6) is 0.714. The zero-order valence-electron chi connectivity index (χ0n) is 14.4. The Hall–Kier alpha value is -2.38. The quantitative estimate of drug-likeness (QED) is 0.594. The number of nitrogens with one attached hydrogen (secondary N) is 1. The van der Waals surface area contributed by atoms with E-state index in [1.807, 2.05) is 24.3 Å². The molecule has 0 fully saturated rings. The van der Waals surface area contributed by atoms with Crippen LogP contribution in [0.15, 0.2) is 47.6 Å². The van der Waals surface area contributed by atoms with E-state index >= 15 is 0 Å². The van der Waals surface area contributed by atoms with Crippen molar-refractivity contribution in [3.8, 4) is 17.1 Å². The van der Waals surface area contributed by atoms with Crippen molar-refractivity contribution in [2.24, 2.45) is 0 Å². The Balaban J connectivity index is 1.83. The van der Waals surface area contributed by atoms with Crippen LogP contribution in [0.2, 0.25) is 5.02 Å². The molecule has 0 spiro atoms. The van der Waals surface area contributed by atoms with Crippen LogP contribution in [0.5, 0.6) is 5.88 Å². The van der Waals surface area contributed by atoms with E-state index < -0.39 is 12.0 Å². The molecule has 0 amide bonds. The molecule has 138 valence electrons. The topological polar surface area (TPSA) is 59.9 Å². The largest absolute Gasteiger partial charge is 0.448 e. The summed E-state index contributed by atoms with van der Waals surface area (Å²) >= 11 is 7.76. The highest BCUT2D eigenvalue weighted by molar-refractivity contribution is 7.99. The van der Waals surface area contributed by atoms with Gasteiger partial charge >= 0.3 is 0 Å². The average molecular weight is 403 g/mol.